The molecule has 0 N–H and O–H groups in total. The summed E-state index contributed by atoms with van der Waals surface area (Å²) in [6, 6.07) is 0. The van der Waals surface area contributed by atoms with Gasteiger partial charge in [0.25, 0.3) is 11.5 Å². The first-order valence-corrected chi connectivity index (χ1v) is 8.66. The fourth-order valence-corrected chi connectivity index (χ4v) is 3.29. The zero-order valence-corrected chi connectivity index (χ0v) is 14.8. The average molecular weight is 331 g/mol. The summed E-state index contributed by atoms with van der Waals surface area (Å²) in [7, 11) is 0. The first-order valence-electron chi connectivity index (χ1n) is 8.66. The van der Waals surface area contributed by atoms with Crippen molar-refractivity contribution in [3.05, 3.63) is 28.0 Å². The molecule has 0 radical (unpaired) electrons. The van der Waals surface area contributed by atoms with Crippen molar-refractivity contribution in [2.75, 3.05) is 13.1 Å². The van der Waals surface area contributed by atoms with Gasteiger partial charge in [-0.15, -0.1) is 0 Å². The highest BCUT2D eigenvalue weighted by atomic mass is 16.3. The van der Waals surface area contributed by atoms with E-state index in [0.29, 0.717) is 35.1 Å². The van der Waals surface area contributed by atoms with Crippen molar-refractivity contribution in [3.8, 4) is 0 Å². The van der Waals surface area contributed by atoms with Crippen LogP contribution in [0, 0.1) is 18.8 Å². The van der Waals surface area contributed by atoms with Crippen LogP contribution in [0.15, 0.2) is 15.5 Å². The van der Waals surface area contributed by atoms with Crippen LogP contribution in [-0.4, -0.2) is 33.4 Å². The Balaban J connectivity index is 2.05. The minimum atomic E-state index is -0.195. The Hall–Kier alpha value is -2.11. The van der Waals surface area contributed by atoms with Gasteiger partial charge in [0.15, 0.2) is 0 Å². The van der Waals surface area contributed by atoms with Crippen molar-refractivity contribution < 1.29 is 9.21 Å². The summed E-state index contributed by atoms with van der Waals surface area (Å²) in [4.78, 5) is 31.9. The zero-order chi connectivity index (χ0) is 17.4. The minimum Gasteiger partial charge on any atom is -0.442 e. The Morgan fingerprint density at radius 3 is 2.67 bits per heavy atom. The lowest BCUT2D eigenvalue weighted by Crippen LogP contribution is -2.38. The van der Waals surface area contributed by atoms with E-state index in [1.807, 2.05) is 18.7 Å². The van der Waals surface area contributed by atoms with Crippen molar-refractivity contribution in [3.63, 3.8) is 0 Å². The summed E-state index contributed by atoms with van der Waals surface area (Å²) >= 11 is 0. The normalized spacial score (nSPS) is 16.3. The van der Waals surface area contributed by atoms with Gasteiger partial charge in [0, 0.05) is 19.6 Å². The number of likely N-dealkylation sites (tertiary alicyclic amines) is 1. The van der Waals surface area contributed by atoms with E-state index in [4.69, 9.17) is 4.42 Å². The number of piperidine rings is 1. The number of hydrogen-bond donors (Lipinski definition) is 0. The standard InChI is InChI=1S/C18H25N3O3/c1-11(2)9-21-10-19-16-15(18(21)23)14(13(4)24-16)17(22)20-7-5-12(3)6-8-20/h10-12H,5-9H2,1-4H3. The van der Waals surface area contributed by atoms with Gasteiger partial charge in [0.05, 0.1) is 5.56 Å². The number of furan rings is 1. The molecule has 130 valence electrons. The van der Waals surface area contributed by atoms with Gasteiger partial charge in [-0.05, 0) is 31.6 Å². The molecule has 1 fully saturated rings. The Morgan fingerprint density at radius 2 is 2.04 bits per heavy atom. The van der Waals surface area contributed by atoms with Crippen LogP contribution >= 0.6 is 0 Å². The van der Waals surface area contributed by atoms with Gasteiger partial charge in [-0.1, -0.05) is 20.8 Å². The molecule has 6 heteroatoms. The summed E-state index contributed by atoms with van der Waals surface area (Å²) < 4.78 is 7.17. The van der Waals surface area contributed by atoms with E-state index in [1.165, 1.54) is 6.33 Å². The molecule has 1 saturated heterocycles. The third kappa shape index (κ3) is 2.97. The second-order valence-electron chi connectivity index (χ2n) is 7.28. The number of amides is 1. The SMILES string of the molecule is Cc1oc2ncn(CC(C)C)c(=O)c2c1C(=O)N1CCC(C)CC1. The van der Waals surface area contributed by atoms with E-state index >= 15 is 0 Å². The van der Waals surface area contributed by atoms with Gasteiger partial charge >= 0.3 is 0 Å². The summed E-state index contributed by atoms with van der Waals surface area (Å²) in [5, 5.41) is 0.319. The van der Waals surface area contributed by atoms with E-state index in [0.717, 1.165) is 25.9 Å². The maximum atomic E-state index is 13.0. The molecule has 3 heterocycles. The van der Waals surface area contributed by atoms with Crippen molar-refractivity contribution in [2.45, 2.75) is 47.1 Å². The molecular formula is C18H25N3O3. The Labute approximate surface area is 141 Å². The van der Waals surface area contributed by atoms with Crippen LogP contribution in [0.1, 0.15) is 49.7 Å². The maximum absolute atomic E-state index is 13.0. The molecule has 0 aromatic carbocycles. The maximum Gasteiger partial charge on any atom is 0.265 e. The van der Waals surface area contributed by atoms with Crippen LogP contribution in [0.4, 0.5) is 0 Å². The van der Waals surface area contributed by atoms with Crippen LogP contribution in [0.5, 0.6) is 0 Å². The van der Waals surface area contributed by atoms with Gasteiger partial charge in [-0.25, -0.2) is 4.98 Å². The first kappa shape index (κ1) is 16.7. The third-order valence-electron chi connectivity index (χ3n) is 4.70. The number of hydrogen-bond acceptors (Lipinski definition) is 4. The van der Waals surface area contributed by atoms with Gasteiger partial charge in [0.1, 0.15) is 17.5 Å². The molecule has 1 amide bonds. The van der Waals surface area contributed by atoms with E-state index in [9.17, 15) is 9.59 Å². The molecule has 2 aromatic heterocycles. The summed E-state index contributed by atoms with van der Waals surface area (Å²) in [6.07, 6.45) is 3.50. The lowest BCUT2D eigenvalue weighted by molar-refractivity contribution is 0.0697. The van der Waals surface area contributed by atoms with E-state index in [-0.39, 0.29) is 17.2 Å². The Bertz CT molecular complexity index is 811. The quantitative estimate of drug-likeness (QED) is 0.867. The van der Waals surface area contributed by atoms with Crippen molar-refractivity contribution in [1.29, 1.82) is 0 Å². The molecular weight excluding hydrogens is 306 g/mol. The largest absolute Gasteiger partial charge is 0.442 e. The minimum absolute atomic E-state index is 0.112. The number of aryl methyl sites for hydroxylation is 1. The van der Waals surface area contributed by atoms with Gasteiger partial charge in [-0.3, -0.25) is 14.2 Å². The van der Waals surface area contributed by atoms with Gasteiger partial charge in [0.2, 0.25) is 5.71 Å². The fourth-order valence-electron chi connectivity index (χ4n) is 3.29. The lowest BCUT2D eigenvalue weighted by atomic mass is 9.98. The van der Waals surface area contributed by atoms with Gasteiger partial charge in [-0.2, -0.15) is 0 Å². The van der Waals surface area contributed by atoms with Crippen LogP contribution in [0.2, 0.25) is 0 Å². The second-order valence-corrected chi connectivity index (χ2v) is 7.28. The highest BCUT2D eigenvalue weighted by molar-refractivity contribution is 6.06. The number of aromatic nitrogens is 2. The summed E-state index contributed by atoms with van der Waals surface area (Å²) in [6.45, 7) is 10.0. The number of nitrogens with zero attached hydrogens (tertiary/aromatic N) is 3. The lowest BCUT2D eigenvalue weighted by Gasteiger charge is -2.30. The number of carbonyl (C=O) groups excluding carboxylic acids is 1. The number of fused-ring (bicyclic) bond motifs is 1. The average Bonchev–Trinajstić information content (AvgIpc) is 2.87. The smallest absolute Gasteiger partial charge is 0.265 e. The van der Waals surface area contributed by atoms with Gasteiger partial charge < -0.3 is 9.32 Å². The van der Waals surface area contributed by atoms with Crippen LogP contribution in [-0.2, 0) is 6.54 Å². The molecule has 0 aliphatic carbocycles. The molecule has 0 unspecified atom stereocenters. The van der Waals surface area contributed by atoms with E-state index in [1.54, 1.807) is 11.5 Å². The molecule has 1 aliphatic heterocycles. The molecule has 0 atom stereocenters. The molecule has 1 aliphatic rings. The monoisotopic (exact) mass is 331 g/mol. The predicted octanol–water partition coefficient (Wildman–Crippen LogP) is 2.83. The zero-order valence-electron chi connectivity index (χ0n) is 14.8. The summed E-state index contributed by atoms with van der Waals surface area (Å²) in [5.74, 6) is 1.32. The summed E-state index contributed by atoms with van der Waals surface area (Å²) in [5.41, 5.74) is 0.445. The van der Waals surface area contributed by atoms with E-state index < -0.39 is 0 Å². The molecule has 0 spiro atoms. The number of rotatable bonds is 3. The van der Waals surface area contributed by atoms with E-state index in [2.05, 4.69) is 11.9 Å². The molecule has 0 saturated carbocycles. The second kappa shape index (κ2) is 6.42. The fraction of sp³-hybridized carbons (Fsp3) is 0.611. The van der Waals surface area contributed by atoms with Crippen molar-refractivity contribution in [1.82, 2.24) is 14.5 Å². The van der Waals surface area contributed by atoms with Crippen LogP contribution in [0.25, 0.3) is 11.1 Å². The van der Waals surface area contributed by atoms with Crippen LogP contribution in [0.3, 0.4) is 0 Å². The Morgan fingerprint density at radius 1 is 1.38 bits per heavy atom. The molecule has 24 heavy (non-hydrogen) atoms. The molecule has 6 nitrogen and oxygen atoms in total. The molecule has 0 bridgehead atoms. The van der Waals surface area contributed by atoms with Crippen molar-refractivity contribution in [2.24, 2.45) is 11.8 Å². The van der Waals surface area contributed by atoms with Crippen LogP contribution < -0.4 is 5.56 Å². The molecule has 2 aromatic rings. The number of carbonyl (C=O) groups is 1. The van der Waals surface area contributed by atoms with Crippen molar-refractivity contribution >= 4 is 17.0 Å². The first-order chi connectivity index (χ1) is 11.4. The highest BCUT2D eigenvalue weighted by Crippen LogP contribution is 2.25. The topological polar surface area (TPSA) is 68.3 Å². The Kier molecular flexibility index (Phi) is 4.47. The predicted molar refractivity (Wildman–Crippen MR) is 92.1 cm³/mol. The molecule has 3 rings (SSSR count). The third-order valence-corrected chi connectivity index (χ3v) is 4.70. The highest BCUT2D eigenvalue weighted by Gasteiger charge is 2.28.